The lowest BCUT2D eigenvalue weighted by Crippen LogP contribution is -1.83. The maximum absolute atomic E-state index is 5.92. The summed E-state index contributed by atoms with van der Waals surface area (Å²) in [5, 5.41) is 0.640. The van der Waals surface area contributed by atoms with Crippen LogP contribution in [-0.4, -0.2) is 11.5 Å². The van der Waals surface area contributed by atoms with Crippen molar-refractivity contribution in [1.82, 2.24) is 4.37 Å². The molecule has 2 nitrogen and oxygen atoms in total. The van der Waals surface area contributed by atoms with E-state index in [-0.39, 0.29) is 0 Å². The van der Waals surface area contributed by atoms with Crippen molar-refractivity contribution in [2.45, 2.75) is 0 Å². The lowest BCUT2D eigenvalue weighted by molar-refractivity contribution is 0.415. The molecule has 0 atom stereocenters. The van der Waals surface area contributed by atoms with E-state index in [1.165, 1.54) is 10.5 Å². The van der Waals surface area contributed by atoms with Crippen molar-refractivity contribution in [2.75, 3.05) is 7.11 Å². The van der Waals surface area contributed by atoms with Gasteiger partial charge in [0.1, 0.15) is 5.75 Å². The van der Waals surface area contributed by atoms with Crippen LogP contribution in [0.4, 0.5) is 0 Å². The molecular formula is C7H5ClNOS2+. The van der Waals surface area contributed by atoms with E-state index < -0.39 is 0 Å². The molecule has 1 aromatic heterocycles. The zero-order chi connectivity index (χ0) is 8.55. The number of aromatic nitrogens is 1. The standard InChI is InChI=1S/C7H5ClNOS2/c1-10-6-3-5-7(2-4(6)8)11-12-9-5/h2-3H,1H3/q+1. The number of nitrogens with zero attached hydrogens (tertiary/aromatic N) is 1. The van der Waals surface area contributed by atoms with Crippen LogP contribution in [0.25, 0.3) is 10.2 Å². The van der Waals surface area contributed by atoms with Gasteiger partial charge in [-0.3, -0.25) is 0 Å². The molecule has 0 aliphatic heterocycles. The van der Waals surface area contributed by atoms with E-state index in [4.69, 9.17) is 16.3 Å². The molecule has 0 bridgehead atoms. The monoisotopic (exact) mass is 218 g/mol. The summed E-state index contributed by atoms with van der Waals surface area (Å²) in [7, 11) is 4.67. The average molecular weight is 219 g/mol. The van der Waals surface area contributed by atoms with Gasteiger partial charge in [0.2, 0.25) is 0 Å². The lowest BCUT2D eigenvalue weighted by atomic mass is 10.3. The number of rotatable bonds is 1. The van der Waals surface area contributed by atoms with Crippen LogP contribution in [0.3, 0.4) is 0 Å². The molecule has 0 radical (unpaired) electrons. The Kier molecular flexibility index (Phi) is 2.12. The summed E-state index contributed by atoms with van der Waals surface area (Å²) in [6, 6.07) is 3.73. The van der Waals surface area contributed by atoms with Crippen LogP contribution in [0.1, 0.15) is 0 Å². The molecule has 0 aliphatic carbocycles. The van der Waals surface area contributed by atoms with Gasteiger partial charge in [-0.2, -0.15) is 0 Å². The second-order valence-corrected chi connectivity index (χ2v) is 4.50. The molecule has 1 heterocycles. The predicted octanol–water partition coefficient (Wildman–Crippen LogP) is 3.30. The number of fused-ring (bicyclic) bond motifs is 1. The number of hydrogen-bond acceptors (Lipinski definition) is 3. The molecule has 0 N–H and O–H groups in total. The molecule has 12 heavy (non-hydrogen) atoms. The first-order valence-electron chi connectivity index (χ1n) is 3.23. The molecular weight excluding hydrogens is 214 g/mol. The van der Waals surface area contributed by atoms with Gasteiger partial charge in [0.15, 0.2) is 5.52 Å². The normalized spacial score (nSPS) is 10.5. The zero-order valence-electron chi connectivity index (χ0n) is 6.20. The number of methoxy groups -OCH3 is 1. The van der Waals surface area contributed by atoms with Crippen molar-refractivity contribution in [2.24, 2.45) is 0 Å². The quantitative estimate of drug-likeness (QED) is 0.541. The molecule has 0 fully saturated rings. The third kappa shape index (κ3) is 1.26. The highest BCUT2D eigenvalue weighted by atomic mass is 35.5. The van der Waals surface area contributed by atoms with Crippen LogP contribution in [0.15, 0.2) is 12.1 Å². The molecule has 0 saturated heterocycles. The van der Waals surface area contributed by atoms with Crippen molar-refractivity contribution in [3.05, 3.63) is 17.2 Å². The first kappa shape index (κ1) is 8.16. The maximum atomic E-state index is 5.92. The topological polar surface area (TPSA) is 22.1 Å². The van der Waals surface area contributed by atoms with Crippen LogP contribution in [-0.2, 0) is 0 Å². The molecule has 2 aromatic rings. The van der Waals surface area contributed by atoms with Crippen molar-refractivity contribution >= 4 is 42.7 Å². The Hall–Kier alpha value is -0.450. The first-order valence-corrected chi connectivity index (χ1v) is 5.72. The van der Waals surface area contributed by atoms with E-state index in [1.54, 1.807) is 17.5 Å². The highest BCUT2D eigenvalue weighted by molar-refractivity contribution is 7.69. The number of benzene rings is 1. The van der Waals surface area contributed by atoms with E-state index in [9.17, 15) is 0 Å². The third-order valence-electron chi connectivity index (χ3n) is 1.50. The van der Waals surface area contributed by atoms with Gasteiger partial charge in [0.25, 0.3) is 15.2 Å². The Bertz CT molecular complexity index is 415. The molecule has 0 aliphatic rings. The summed E-state index contributed by atoms with van der Waals surface area (Å²) in [5.41, 5.74) is 0.950. The highest BCUT2D eigenvalue weighted by Crippen LogP contribution is 2.32. The fourth-order valence-electron chi connectivity index (χ4n) is 0.918. The van der Waals surface area contributed by atoms with Crippen molar-refractivity contribution in [1.29, 1.82) is 0 Å². The van der Waals surface area contributed by atoms with E-state index in [0.29, 0.717) is 10.8 Å². The first-order chi connectivity index (χ1) is 5.81. The second kappa shape index (κ2) is 3.12. The van der Waals surface area contributed by atoms with Crippen molar-refractivity contribution < 1.29 is 4.74 Å². The molecule has 0 spiro atoms. The largest absolute Gasteiger partial charge is 0.495 e. The summed E-state index contributed by atoms with van der Waals surface area (Å²) in [4.78, 5) is 0. The van der Waals surface area contributed by atoms with Gasteiger partial charge in [-0.15, -0.1) is 4.37 Å². The van der Waals surface area contributed by atoms with Gasteiger partial charge < -0.3 is 4.74 Å². The van der Waals surface area contributed by atoms with Gasteiger partial charge in [0.05, 0.1) is 12.1 Å². The van der Waals surface area contributed by atoms with E-state index in [2.05, 4.69) is 4.37 Å². The molecule has 1 aromatic carbocycles. The van der Waals surface area contributed by atoms with Gasteiger partial charge in [-0.05, 0) is 0 Å². The van der Waals surface area contributed by atoms with Crippen LogP contribution in [0.5, 0.6) is 5.75 Å². The third-order valence-corrected chi connectivity index (χ3v) is 3.63. The van der Waals surface area contributed by atoms with Crippen LogP contribution in [0.2, 0.25) is 5.02 Å². The van der Waals surface area contributed by atoms with Crippen molar-refractivity contribution in [3.8, 4) is 5.75 Å². The second-order valence-electron chi connectivity index (χ2n) is 2.20. The number of halogens is 1. The van der Waals surface area contributed by atoms with Crippen LogP contribution in [0, 0.1) is 0 Å². The van der Waals surface area contributed by atoms with Gasteiger partial charge in [-0.1, -0.05) is 11.6 Å². The Morgan fingerprint density at radius 3 is 3.17 bits per heavy atom. The Labute approximate surface area is 81.9 Å². The van der Waals surface area contributed by atoms with Crippen LogP contribution >= 0.6 is 32.5 Å². The van der Waals surface area contributed by atoms with Crippen LogP contribution < -0.4 is 4.74 Å². The summed E-state index contributed by atoms with van der Waals surface area (Å²) in [6.45, 7) is 0. The molecule has 62 valence electrons. The summed E-state index contributed by atoms with van der Waals surface area (Å²) in [6.07, 6.45) is 0. The Morgan fingerprint density at radius 1 is 1.58 bits per heavy atom. The van der Waals surface area contributed by atoms with Crippen molar-refractivity contribution in [3.63, 3.8) is 0 Å². The summed E-state index contributed by atoms with van der Waals surface area (Å²) < 4.78 is 10.4. The SMILES string of the molecule is COc1cc2ns[s+]c2cc1Cl. The highest BCUT2D eigenvalue weighted by Gasteiger charge is 2.13. The van der Waals surface area contributed by atoms with Gasteiger partial charge in [0, 0.05) is 12.1 Å². The maximum Gasteiger partial charge on any atom is 0.323 e. The number of ether oxygens (including phenoxy) is 1. The van der Waals surface area contributed by atoms with E-state index >= 15 is 0 Å². The molecule has 5 heteroatoms. The molecule has 2 rings (SSSR count). The van der Waals surface area contributed by atoms with Gasteiger partial charge in [-0.25, -0.2) is 0 Å². The molecule has 0 unspecified atom stereocenters. The minimum atomic E-state index is 0.640. The van der Waals surface area contributed by atoms with E-state index in [1.807, 2.05) is 12.1 Å². The zero-order valence-corrected chi connectivity index (χ0v) is 8.59. The Morgan fingerprint density at radius 2 is 2.42 bits per heavy atom. The fraction of sp³-hybridized carbons (Fsp3) is 0.143. The number of hydrogen-bond donors (Lipinski definition) is 0. The Balaban J connectivity index is 2.73. The lowest BCUT2D eigenvalue weighted by Gasteiger charge is -1.98. The minimum absolute atomic E-state index is 0.640. The minimum Gasteiger partial charge on any atom is -0.495 e. The van der Waals surface area contributed by atoms with Gasteiger partial charge >= 0.3 is 10.3 Å². The predicted molar refractivity (Wildman–Crippen MR) is 53.5 cm³/mol. The average Bonchev–Trinajstić information content (AvgIpc) is 2.49. The summed E-state index contributed by atoms with van der Waals surface area (Å²) >= 11 is 5.92. The fourth-order valence-corrected chi connectivity index (χ4v) is 2.98. The smallest absolute Gasteiger partial charge is 0.323 e. The molecule has 0 saturated carbocycles. The molecule has 0 amide bonds. The summed E-state index contributed by atoms with van der Waals surface area (Å²) in [5.74, 6) is 0.683. The van der Waals surface area contributed by atoms with E-state index in [0.717, 1.165) is 10.2 Å².